The van der Waals surface area contributed by atoms with Gasteiger partial charge in [0, 0.05) is 10.9 Å². The molecule has 1 saturated heterocycles. The van der Waals surface area contributed by atoms with E-state index in [1.165, 1.54) is 30.6 Å². The number of hydrogen-bond donors (Lipinski definition) is 1. The molecule has 2 heterocycles. The average Bonchev–Trinajstić information content (AvgIpc) is 3.04. The number of anilines is 1. The highest BCUT2D eigenvalue weighted by molar-refractivity contribution is 7.14. The number of thiazole rings is 1. The lowest BCUT2D eigenvalue weighted by molar-refractivity contribution is -0.121. The quantitative estimate of drug-likeness (QED) is 0.937. The van der Waals surface area contributed by atoms with E-state index >= 15 is 0 Å². The first-order valence-corrected chi connectivity index (χ1v) is 8.68. The molecule has 1 aliphatic heterocycles. The number of rotatable bonds is 4. The zero-order valence-corrected chi connectivity index (χ0v) is 13.6. The van der Waals surface area contributed by atoms with Crippen LogP contribution in [0.15, 0.2) is 35.7 Å². The van der Waals surface area contributed by atoms with Crippen molar-refractivity contribution in [2.75, 3.05) is 18.4 Å². The number of nitrogens with zero attached hydrogens (tertiary/aromatic N) is 2. The largest absolute Gasteiger partial charge is 0.301 e. The van der Waals surface area contributed by atoms with Gasteiger partial charge in [-0.05, 0) is 32.9 Å². The SMILES string of the molecule is CC(C(=O)Nc1nc(-c2ccccc2)cs1)N1CCCCC1. The van der Waals surface area contributed by atoms with Crippen molar-refractivity contribution in [3.8, 4) is 11.3 Å². The van der Waals surface area contributed by atoms with Crippen molar-refractivity contribution in [2.24, 2.45) is 0 Å². The molecule has 0 bridgehead atoms. The minimum atomic E-state index is -0.0932. The Morgan fingerprint density at radius 1 is 1.23 bits per heavy atom. The molecule has 0 saturated carbocycles. The molecule has 1 aromatic carbocycles. The van der Waals surface area contributed by atoms with Gasteiger partial charge < -0.3 is 5.32 Å². The summed E-state index contributed by atoms with van der Waals surface area (Å²) >= 11 is 1.48. The molecule has 116 valence electrons. The summed E-state index contributed by atoms with van der Waals surface area (Å²) in [5.41, 5.74) is 1.98. The molecule has 0 aliphatic carbocycles. The third-order valence-corrected chi connectivity index (χ3v) is 4.88. The van der Waals surface area contributed by atoms with E-state index < -0.39 is 0 Å². The zero-order chi connectivity index (χ0) is 15.4. The summed E-state index contributed by atoms with van der Waals surface area (Å²) in [6.45, 7) is 4.01. The third-order valence-electron chi connectivity index (χ3n) is 4.12. The maximum Gasteiger partial charge on any atom is 0.243 e. The molecule has 2 aromatic rings. The molecular formula is C17H21N3OS. The van der Waals surface area contributed by atoms with Crippen molar-refractivity contribution < 1.29 is 4.79 Å². The Kier molecular flexibility index (Phi) is 4.85. The number of hydrogen-bond acceptors (Lipinski definition) is 4. The Morgan fingerprint density at radius 3 is 2.68 bits per heavy atom. The van der Waals surface area contributed by atoms with Crippen molar-refractivity contribution in [2.45, 2.75) is 32.2 Å². The van der Waals surface area contributed by atoms with E-state index in [0.717, 1.165) is 24.3 Å². The fourth-order valence-corrected chi connectivity index (χ4v) is 3.48. The maximum atomic E-state index is 12.4. The lowest BCUT2D eigenvalue weighted by Crippen LogP contribution is -2.44. The first-order valence-electron chi connectivity index (χ1n) is 7.80. The van der Waals surface area contributed by atoms with Crippen LogP contribution in [0.1, 0.15) is 26.2 Å². The van der Waals surface area contributed by atoms with Gasteiger partial charge in [0.25, 0.3) is 0 Å². The maximum absolute atomic E-state index is 12.4. The van der Waals surface area contributed by atoms with Crippen LogP contribution in [-0.2, 0) is 4.79 Å². The van der Waals surface area contributed by atoms with Gasteiger partial charge in [-0.2, -0.15) is 0 Å². The van der Waals surface area contributed by atoms with Crippen LogP contribution in [0.3, 0.4) is 0 Å². The molecule has 1 aromatic heterocycles. The van der Waals surface area contributed by atoms with Gasteiger partial charge in [0.2, 0.25) is 5.91 Å². The summed E-state index contributed by atoms with van der Waals surface area (Å²) in [6.07, 6.45) is 3.65. The van der Waals surface area contributed by atoms with Crippen molar-refractivity contribution in [1.29, 1.82) is 0 Å². The molecular weight excluding hydrogens is 294 g/mol. The number of amides is 1. The number of nitrogens with one attached hydrogen (secondary N) is 1. The van der Waals surface area contributed by atoms with Crippen LogP contribution in [0.2, 0.25) is 0 Å². The molecule has 3 rings (SSSR count). The van der Waals surface area contributed by atoms with Gasteiger partial charge in [0.15, 0.2) is 5.13 Å². The molecule has 22 heavy (non-hydrogen) atoms. The van der Waals surface area contributed by atoms with Gasteiger partial charge in [-0.25, -0.2) is 4.98 Å². The minimum absolute atomic E-state index is 0.0378. The van der Waals surface area contributed by atoms with Crippen molar-refractivity contribution in [3.05, 3.63) is 35.7 Å². The first-order chi connectivity index (χ1) is 10.7. The van der Waals surface area contributed by atoms with Gasteiger partial charge >= 0.3 is 0 Å². The van der Waals surface area contributed by atoms with Crippen LogP contribution in [0.5, 0.6) is 0 Å². The van der Waals surface area contributed by atoms with Gasteiger partial charge in [-0.1, -0.05) is 36.8 Å². The summed E-state index contributed by atoms with van der Waals surface area (Å²) in [7, 11) is 0. The molecule has 1 aliphatic rings. The van der Waals surface area contributed by atoms with Gasteiger partial charge in [-0.15, -0.1) is 11.3 Å². The smallest absolute Gasteiger partial charge is 0.243 e. The summed E-state index contributed by atoms with van der Waals surface area (Å²) < 4.78 is 0. The monoisotopic (exact) mass is 315 g/mol. The molecule has 5 heteroatoms. The molecule has 1 fully saturated rings. The van der Waals surface area contributed by atoms with Gasteiger partial charge in [-0.3, -0.25) is 9.69 Å². The van der Waals surface area contributed by atoms with Crippen LogP contribution < -0.4 is 5.32 Å². The zero-order valence-electron chi connectivity index (χ0n) is 12.8. The number of aromatic nitrogens is 1. The lowest BCUT2D eigenvalue weighted by Gasteiger charge is -2.31. The molecule has 1 N–H and O–H groups in total. The Morgan fingerprint density at radius 2 is 1.95 bits per heavy atom. The van der Waals surface area contributed by atoms with E-state index in [-0.39, 0.29) is 11.9 Å². The minimum Gasteiger partial charge on any atom is -0.301 e. The average molecular weight is 315 g/mol. The fourth-order valence-electron chi connectivity index (χ4n) is 2.75. The fraction of sp³-hybridized carbons (Fsp3) is 0.412. The Balaban J connectivity index is 1.63. The number of benzene rings is 1. The first kappa shape index (κ1) is 15.2. The second-order valence-electron chi connectivity index (χ2n) is 5.67. The van der Waals surface area contributed by atoms with E-state index in [0.29, 0.717) is 5.13 Å². The predicted octanol–water partition coefficient (Wildman–Crippen LogP) is 3.62. The predicted molar refractivity (Wildman–Crippen MR) is 91.1 cm³/mol. The summed E-state index contributed by atoms with van der Waals surface area (Å²) in [5.74, 6) is 0.0378. The van der Waals surface area contributed by atoms with E-state index in [1.54, 1.807) is 0 Å². The highest BCUT2D eigenvalue weighted by atomic mass is 32.1. The summed E-state index contributed by atoms with van der Waals surface area (Å²) in [6, 6.07) is 9.92. The molecule has 1 amide bonds. The van der Waals surface area contributed by atoms with E-state index in [4.69, 9.17) is 0 Å². The van der Waals surface area contributed by atoms with Crippen molar-refractivity contribution >= 4 is 22.4 Å². The Labute approximate surface area is 135 Å². The lowest BCUT2D eigenvalue weighted by atomic mass is 10.1. The number of carbonyl (C=O) groups is 1. The second kappa shape index (κ2) is 7.03. The highest BCUT2D eigenvalue weighted by Crippen LogP contribution is 2.25. The molecule has 1 unspecified atom stereocenters. The summed E-state index contributed by atoms with van der Waals surface area (Å²) in [5, 5.41) is 5.61. The van der Waals surface area contributed by atoms with Gasteiger partial charge in [0.05, 0.1) is 11.7 Å². The molecule has 4 nitrogen and oxygen atoms in total. The number of likely N-dealkylation sites (tertiary alicyclic amines) is 1. The number of carbonyl (C=O) groups excluding carboxylic acids is 1. The highest BCUT2D eigenvalue weighted by Gasteiger charge is 2.23. The van der Waals surface area contributed by atoms with Crippen molar-refractivity contribution in [3.63, 3.8) is 0 Å². The molecule has 0 radical (unpaired) electrons. The van der Waals surface area contributed by atoms with Crippen LogP contribution in [-0.4, -0.2) is 34.9 Å². The normalized spacial score (nSPS) is 17.1. The van der Waals surface area contributed by atoms with Crippen LogP contribution in [0.4, 0.5) is 5.13 Å². The van der Waals surface area contributed by atoms with E-state index in [1.807, 2.05) is 42.6 Å². The second-order valence-corrected chi connectivity index (χ2v) is 6.52. The Hall–Kier alpha value is -1.72. The van der Waals surface area contributed by atoms with Crippen LogP contribution >= 0.6 is 11.3 Å². The third kappa shape index (κ3) is 3.54. The van der Waals surface area contributed by atoms with Gasteiger partial charge in [0.1, 0.15) is 0 Å². The van der Waals surface area contributed by atoms with Crippen LogP contribution in [0.25, 0.3) is 11.3 Å². The molecule has 0 spiro atoms. The van der Waals surface area contributed by atoms with Crippen LogP contribution in [0, 0.1) is 0 Å². The topological polar surface area (TPSA) is 45.2 Å². The standard InChI is InChI=1S/C17H21N3OS/c1-13(20-10-6-3-7-11-20)16(21)19-17-18-15(12-22-17)14-8-4-2-5-9-14/h2,4-5,8-9,12-13H,3,6-7,10-11H2,1H3,(H,18,19,21). The molecule has 1 atom stereocenters. The Bertz CT molecular complexity index is 620. The van der Waals surface area contributed by atoms with E-state index in [2.05, 4.69) is 15.2 Å². The summed E-state index contributed by atoms with van der Waals surface area (Å²) in [4.78, 5) is 19.1. The number of piperidine rings is 1. The van der Waals surface area contributed by atoms with Crippen molar-refractivity contribution in [1.82, 2.24) is 9.88 Å². The van der Waals surface area contributed by atoms with E-state index in [9.17, 15) is 4.79 Å².